The minimum absolute atomic E-state index is 0.573. The minimum Gasteiger partial charge on any atom is -0.370 e. The van der Waals surface area contributed by atoms with Crippen LogP contribution in [-0.2, 0) is 0 Å². The Morgan fingerprint density at radius 3 is 2.81 bits per heavy atom. The van der Waals surface area contributed by atoms with Gasteiger partial charge >= 0.3 is 0 Å². The quantitative estimate of drug-likeness (QED) is 0.770. The first-order valence-electron chi connectivity index (χ1n) is 5.41. The van der Waals surface area contributed by atoms with Crippen molar-refractivity contribution < 1.29 is 0 Å². The minimum atomic E-state index is 0.573. The van der Waals surface area contributed by atoms with Gasteiger partial charge in [0, 0.05) is 23.2 Å². The Morgan fingerprint density at radius 1 is 1.31 bits per heavy atom. The molecule has 0 fully saturated rings. The average Bonchev–Trinajstić information content (AvgIpc) is 2.28. The van der Waals surface area contributed by atoms with Crippen molar-refractivity contribution in [1.82, 2.24) is 4.98 Å². The van der Waals surface area contributed by atoms with E-state index < -0.39 is 0 Å². The number of nitrogens with one attached hydrogen (secondary N) is 2. The van der Waals surface area contributed by atoms with Gasteiger partial charge in [0.25, 0.3) is 0 Å². The van der Waals surface area contributed by atoms with Gasteiger partial charge in [0.15, 0.2) is 0 Å². The fraction of sp³-hybridized carbons (Fsp3) is 0.231. The van der Waals surface area contributed by atoms with Crippen molar-refractivity contribution in [3.63, 3.8) is 0 Å². The second-order valence-corrected chi connectivity index (χ2v) is 3.72. The number of hydrogen-bond donors (Lipinski definition) is 2. The van der Waals surface area contributed by atoms with Gasteiger partial charge in [-0.15, -0.1) is 0 Å². The second kappa shape index (κ2) is 4.31. The van der Waals surface area contributed by atoms with Crippen LogP contribution in [-0.4, -0.2) is 17.2 Å². The molecule has 0 aliphatic rings. The van der Waals surface area contributed by atoms with Crippen LogP contribution in [0.3, 0.4) is 0 Å². The molecule has 0 amide bonds. The van der Waals surface area contributed by atoms with E-state index in [1.807, 2.05) is 37.3 Å². The summed E-state index contributed by atoms with van der Waals surface area (Å²) >= 11 is 0. The highest BCUT2D eigenvalue weighted by Gasteiger charge is 2.04. The Bertz CT molecular complexity index is 532. The van der Waals surface area contributed by atoms with E-state index in [1.54, 1.807) is 6.92 Å². The van der Waals surface area contributed by atoms with Gasteiger partial charge < -0.3 is 10.7 Å². The highest BCUT2D eigenvalue weighted by Crippen LogP contribution is 2.19. The molecule has 0 saturated heterocycles. The zero-order valence-electron chi connectivity index (χ0n) is 9.54. The highest BCUT2D eigenvalue weighted by molar-refractivity contribution is 6.07. The number of nitrogens with zero attached hydrogens (tertiary/aromatic N) is 1. The van der Waals surface area contributed by atoms with Crippen LogP contribution in [0.1, 0.15) is 19.4 Å². The maximum absolute atomic E-state index is 7.71. The Hall–Kier alpha value is -1.90. The van der Waals surface area contributed by atoms with E-state index >= 15 is 0 Å². The molecule has 2 rings (SSSR count). The molecule has 0 aliphatic carbocycles. The molecular formula is C13H15N3. The molecule has 0 unspecified atom stereocenters. The molecule has 0 atom stereocenters. The third-order valence-electron chi connectivity index (χ3n) is 2.49. The van der Waals surface area contributed by atoms with Crippen molar-refractivity contribution >= 4 is 22.4 Å². The van der Waals surface area contributed by atoms with Crippen LogP contribution in [0.15, 0.2) is 30.3 Å². The van der Waals surface area contributed by atoms with Crippen LogP contribution >= 0.6 is 0 Å². The average molecular weight is 213 g/mol. The number of rotatable bonds is 3. The van der Waals surface area contributed by atoms with E-state index in [-0.39, 0.29) is 0 Å². The lowest BCUT2D eigenvalue weighted by Gasteiger charge is -2.07. The standard InChI is InChI=1S/C13H15N3/c1-3-15-13-8-7-11-10(9(2)14)5-4-6-12(11)16-13/h4-8,14H,3H2,1-2H3,(H,15,16). The van der Waals surface area contributed by atoms with Crippen LogP contribution in [0.25, 0.3) is 10.9 Å². The number of pyridine rings is 1. The smallest absolute Gasteiger partial charge is 0.126 e. The van der Waals surface area contributed by atoms with E-state index in [4.69, 9.17) is 5.41 Å². The van der Waals surface area contributed by atoms with E-state index in [0.717, 1.165) is 28.8 Å². The lowest BCUT2D eigenvalue weighted by Crippen LogP contribution is -2.00. The molecule has 82 valence electrons. The first-order chi connectivity index (χ1) is 7.72. The molecule has 1 heterocycles. The third kappa shape index (κ3) is 1.89. The summed E-state index contributed by atoms with van der Waals surface area (Å²) in [6.07, 6.45) is 0. The predicted octanol–water partition coefficient (Wildman–Crippen LogP) is 3.05. The largest absolute Gasteiger partial charge is 0.370 e. The van der Waals surface area contributed by atoms with Crippen molar-refractivity contribution in [2.75, 3.05) is 11.9 Å². The zero-order valence-corrected chi connectivity index (χ0v) is 9.54. The summed E-state index contributed by atoms with van der Waals surface area (Å²) in [7, 11) is 0. The van der Waals surface area contributed by atoms with Crippen molar-refractivity contribution in [2.45, 2.75) is 13.8 Å². The molecule has 3 heteroatoms. The molecule has 16 heavy (non-hydrogen) atoms. The summed E-state index contributed by atoms with van der Waals surface area (Å²) in [4.78, 5) is 4.50. The van der Waals surface area contributed by atoms with Crippen LogP contribution in [0, 0.1) is 5.41 Å². The second-order valence-electron chi connectivity index (χ2n) is 3.72. The zero-order chi connectivity index (χ0) is 11.5. The summed E-state index contributed by atoms with van der Waals surface area (Å²) in [5.74, 6) is 0.884. The van der Waals surface area contributed by atoms with Crippen LogP contribution < -0.4 is 5.32 Å². The van der Waals surface area contributed by atoms with E-state index in [0.29, 0.717) is 5.71 Å². The maximum atomic E-state index is 7.71. The number of anilines is 1. The number of fused-ring (bicyclic) bond motifs is 1. The van der Waals surface area contributed by atoms with Crippen molar-refractivity contribution in [2.24, 2.45) is 0 Å². The summed E-state index contributed by atoms with van der Waals surface area (Å²) in [5.41, 5.74) is 2.46. The normalized spacial score (nSPS) is 10.4. The van der Waals surface area contributed by atoms with E-state index in [2.05, 4.69) is 10.3 Å². The topological polar surface area (TPSA) is 48.8 Å². The van der Waals surface area contributed by atoms with Gasteiger partial charge in [0.05, 0.1) is 5.52 Å². The molecular weight excluding hydrogens is 198 g/mol. The molecule has 0 spiro atoms. The summed E-state index contributed by atoms with van der Waals surface area (Å²) in [5, 5.41) is 11.9. The van der Waals surface area contributed by atoms with Gasteiger partial charge in [-0.1, -0.05) is 12.1 Å². The van der Waals surface area contributed by atoms with Gasteiger partial charge in [-0.25, -0.2) is 4.98 Å². The first kappa shape index (κ1) is 10.6. The summed E-state index contributed by atoms with van der Waals surface area (Å²) in [6.45, 7) is 4.71. The SMILES string of the molecule is CCNc1ccc2c(C(C)=N)cccc2n1. The molecule has 1 aromatic carbocycles. The Morgan fingerprint density at radius 2 is 2.12 bits per heavy atom. The fourth-order valence-corrected chi connectivity index (χ4v) is 1.76. The van der Waals surface area contributed by atoms with Crippen LogP contribution in [0.5, 0.6) is 0 Å². The maximum Gasteiger partial charge on any atom is 0.126 e. The Balaban J connectivity index is 2.59. The lowest BCUT2D eigenvalue weighted by molar-refractivity contribution is 1.17. The third-order valence-corrected chi connectivity index (χ3v) is 2.49. The highest BCUT2D eigenvalue weighted by atomic mass is 15.0. The Labute approximate surface area is 95.0 Å². The van der Waals surface area contributed by atoms with Crippen molar-refractivity contribution in [3.8, 4) is 0 Å². The molecule has 2 N–H and O–H groups in total. The van der Waals surface area contributed by atoms with Crippen molar-refractivity contribution in [3.05, 3.63) is 35.9 Å². The number of aromatic nitrogens is 1. The van der Waals surface area contributed by atoms with Gasteiger partial charge in [0.2, 0.25) is 0 Å². The van der Waals surface area contributed by atoms with E-state index in [9.17, 15) is 0 Å². The molecule has 0 bridgehead atoms. The predicted molar refractivity (Wildman–Crippen MR) is 68.4 cm³/mol. The molecule has 1 aromatic heterocycles. The van der Waals surface area contributed by atoms with Crippen LogP contribution in [0.2, 0.25) is 0 Å². The van der Waals surface area contributed by atoms with Gasteiger partial charge in [-0.2, -0.15) is 0 Å². The molecule has 0 radical (unpaired) electrons. The van der Waals surface area contributed by atoms with Gasteiger partial charge in [0.1, 0.15) is 5.82 Å². The number of benzene rings is 1. The first-order valence-corrected chi connectivity index (χ1v) is 5.41. The van der Waals surface area contributed by atoms with E-state index in [1.165, 1.54) is 0 Å². The van der Waals surface area contributed by atoms with Gasteiger partial charge in [-0.3, -0.25) is 0 Å². The molecule has 0 aliphatic heterocycles. The van der Waals surface area contributed by atoms with Gasteiger partial charge in [-0.05, 0) is 32.0 Å². The Kier molecular flexibility index (Phi) is 2.86. The molecule has 3 nitrogen and oxygen atoms in total. The number of hydrogen-bond acceptors (Lipinski definition) is 3. The molecule has 2 aromatic rings. The molecule has 0 saturated carbocycles. The fourth-order valence-electron chi connectivity index (χ4n) is 1.76. The lowest BCUT2D eigenvalue weighted by atomic mass is 10.1. The summed E-state index contributed by atoms with van der Waals surface area (Å²) < 4.78 is 0. The monoisotopic (exact) mass is 213 g/mol. The summed E-state index contributed by atoms with van der Waals surface area (Å²) in [6, 6.07) is 9.85. The van der Waals surface area contributed by atoms with Crippen LogP contribution in [0.4, 0.5) is 5.82 Å². The van der Waals surface area contributed by atoms with Crippen molar-refractivity contribution in [1.29, 1.82) is 5.41 Å².